The van der Waals surface area contributed by atoms with Crippen LogP contribution in [0.5, 0.6) is 0 Å². The lowest BCUT2D eigenvalue weighted by Gasteiger charge is -2.32. The standard InChI is InChI=1S/C16H21BF3NO3/c1-10-8-11(13(22)21-9-16(18,19)20)6-7-12(10)17-23-14(2,3)15(4,5)24-17/h6-8H,9H2,1-5H3,(H,21,22). The Labute approximate surface area is 139 Å². The number of benzene rings is 1. The van der Waals surface area contributed by atoms with Gasteiger partial charge in [0.1, 0.15) is 6.54 Å². The number of halogens is 3. The molecular formula is C16H21BF3NO3. The smallest absolute Gasteiger partial charge is 0.399 e. The van der Waals surface area contributed by atoms with Crippen LogP contribution in [0.3, 0.4) is 0 Å². The Morgan fingerprint density at radius 1 is 1.17 bits per heavy atom. The minimum absolute atomic E-state index is 0.164. The molecule has 0 spiro atoms. The molecule has 8 heteroatoms. The van der Waals surface area contributed by atoms with Crippen LogP contribution in [0.15, 0.2) is 18.2 Å². The highest BCUT2D eigenvalue weighted by molar-refractivity contribution is 6.62. The van der Waals surface area contributed by atoms with E-state index in [-0.39, 0.29) is 5.56 Å². The minimum Gasteiger partial charge on any atom is -0.399 e. The molecule has 1 N–H and O–H groups in total. The normalized spacial score (nSPS) is 19.4. The van der Waals surface area contributed by atoms with Gasteiger partial charge in [0, 0.05) is 5.56 Å². The maximum absolute atomic E-state index is 12.2. The number of carbonyl (C=O) groups is 1. The van der Waals surface area contributed by atoms with Crippen molar-refractivity contribution in [2.24, 2.45) is 0 Å². The summed E-state index contributed by atoms with van der Waals surface area (Å²) >= 11 is 0. The predicted molar refractivity (Wildman–Crippen MR) is 85.3 cm³/mol. The molecule has 0 saturated carbocycles. The molecule has 2 rings (SSSR count). The van der Waals surface area contributed by atoms with Gasteiger partial charge in [-0.2, -0.15) is 13.2 Å². The van der Waals surface area contributed by atoms with Crippen LogP contribution in [0.2, 0.25) is 0 Å². The molecule has 132 valence electrons. The number of hydrogen-bond acceptors (Lipinski definition) is 3. The number of rotatable bonds is 3. The summed E-state index contributed by atoms with van der Waals surface area (Å²) in [6.45, 7) is 8.13. The van der Waals surface area contributed by atoms with Crippen LogP contribution in [0.4, 0.5) is 13.2 Å². The molecule has 1 fully saturated rings. The van der Waals surface area contributed by atoms with Gasteiger partial charge in [0.15, 0.2) is 0 Å². The van der Waals surface area contributed by atoms with Crippen molar-refractivity contribution in [2.45, 2.75) is 52.0 Å². The van der Waals surface area contributed by atoms with Crippen LogP contribution in [-0.4, -0.2) is 36.9 Å². The molecule has 1 heterocycles. The van der Waals surface area contributed by atoms with Gasteiger partial charge in [-0.25, -0.2) is 0 Å². The average molecular weight is 343 g/mol. The van der Waals surface area contributed by atoms with Gasteiger partial charge in [-0.3, -0.25) is 4.79 Å². The molecule has 0 unspecified atom stereocenters. The Morgan fingerprint density at radius 2 is 1.71 bits per heavy atom. The highest BCUT2D eigenvalue weighted by Crippen LogP contribution is 2.36. The first kappa shape index (κ1) is 18.8. The molecular weight excluding hydrogens is 322 g/mol. The van der Waals surface area contributed by atoms with E-state index in [1.54, 1.807) is 13.0 Å². The van der Waals surface area contributed by atoms with E-state index in [0.717, 1.165) is 5.46 Å². The lowest BCUT2D eigenvalue weighted by atomic mass is 9.76. The van der Waals surface area contributed by atoms with Crippen molar-refractivity contribution in [1.29, 1.82) is 0 Å². The Balaban J connectivity index is 2.15. The summed E-state index contributed by atoms with van der Waals surface area (Å²) in [6.07, 6.45) is -4.44. The maximum Gasteiger partial charge on any atom is 0.495 e. The van der Waals surface area contributed by atoms with Crippen LogP contribution < -0.4 is 10.8 Å². The largest absolute Gasteiger partial charge is 0.495 e. The van der Waals surface area contributed by atoms with Gasteiger partial charge < -0.3 is 14.6 Å². The quantitative estimate of drug-likeness (QED) is 0.859. The SMILES string of the molecule is Cc1cc(C(=O)NCC(F)(F)F)ccc1B1OC(C)(C)C(C)(C)O1. The van der Waals surface area contributed by atoms with Crippen molar-refractivity contribution in [3.63, 3.8) is 0 Å². The molecule has 0 radical (unpaired) electrons. The lowest BCUT2D eigenvalue weighted by molar-refractivity contribution is -0.123. The zero-order valence-corrected chi connectivity index (χ0v) is 14.4. The Hall–Kier alpha value is -1.54. The summed E-state index contributed by atoms with van der Waals surface area (Å²) in [4.78, 5) is 11.8. The second-order valence-corrected chi connectivity index (χ2v) is 6.96. The van der Waals surface area contributed by atoms with Crippen molar-refractivity contribution in [3.8, 4) is 0 Å². The maximum atomic E-state index is 12.2. The van der Waals surface area contributed by atoms with Gasteiger partial charge in [0.25, 0.3) is 5.91 Å². The molecule has 4 nitrogen and oxygen atoms in total. The van der Waals surface area contributed by atoms with E-state index < -0.39 is 36.9 Å². The summed E-state index contributed by atoms with van der Waals surface area (Å²) in [5.74, 6) is -0.768. The van der Waals surface area contributed by atoms with Gasteiger partial charge >= 0.3 is 13.3 Å². The van der Waals surface area contributed by atoms with E-state index in [0.29, 0.717) is 5.56 Å². The Kier molecular flexibility index (Phi) is 4.76. The van der Waals surface area contributed by atoms with Gasteiger partial charge in [-0.1, -0.05) is 11.6 Å². The summed E-state index contributed by atoms with van der Waals surface area (Å²) in [5, 5.41) is 1.85. The number of nitrogens with one attached hydrogen (secondary N) is 1. The first-order valence-corrected chi connectivity index (χ1v) is 7.63. The monoisotopic (exact) mass is 343 g/mol. The zero-order chi connectivity index (χ0) is 18.3. The highest BCUT2D eigenvalue weighted by atomic mass is 19.4. The third-order valence-corrected chi connectivity index (χ3v) is 4.49. The summed E-state index contributed by atoms with van der Waals surface area (Å²) in [6, 6.07) is 4.66. The lowest BCUT2D eigenvalue weighted by Crippen LogP contribution is -2.41. The van der Waals surface area contributed by atoms with Crippen LogP contribution in [0, 0.1) is 6.92 Å². The molecule has 0 bridgehead atoms. The van der Waals surface area contributed by atoms with Gasteiger partial charge in [0.05, 0.1) is 11.2 Å². The highest BCUT2D eigenvalue weighted by Gasteiger charge is 2.52. The fourth-order valence-corrected chi connectivity index (χ4v) is 2.33. The van der Waals surface area contributed by atoms with E-state index in [4.69, 9.17) is 9.31 Å². The third-order valence-electron chi connectivity index (χ3n) is 4.49. The fourth-order valence-electron chi connectivity index (χ4n) is 2.33. The van der Waals surface area contributed by atoms with E-state index in [1.807, 2.05) is 33.0 Å². The van der Waals surface area contributed by atoms with Crippen molar-refractivity contribution < 1.29 is 27.3 Å². The van der Waals surface area contributed by atoms with Crippen LogP contribution in [0.25, 0.3) is 0 Å². The Bertz CT molecular complexity index is 628. The second-order valence-electron chi connectivity index (χ2n) is 6.96. The molecule has 1 saturated heterocycles. The molecule has 0 aliphatic carbocycles. The molecule has 1 aliphatic heterocycles. The average Bonchev–Trinajstić information content (AvgIpc) is 2.63. The van der Waals surface area contributed by atoms with Crippen LogP contribution in [-0.2, 0) is 9.31 Å². The predicted octanol–water partition coefficient (Wildman–Crippen LogP) is 2.59. The first-order chi connectivity index (χ1) is 10.8. The molecule has 24 heavy (non-hydrogen) atoms. The molecule has 1 aliphatic rings. The summed E-state index contributed by atoms with van der Waals surface area (Å²) in [7, 11) is -0.581. The van der Waals surface area contributed by atoms with E-state index in [1.165, 1.54) is 12.1 Å². The van der Waals surface area contributed by atoms with Gasteiger partial charge in [-0.05, 0) is 52.2 Å². The number of carbonyl (C=O) groups excluding carboxylic acids is 1. The second kappa shape index (κ2) is 6.08. The number of amides is 1. The number of aryl methyl sites for hydroxylation is 1. The molecule has 0 atom stereocenters. The van der Waals surface area contributed by atoms with E-state index in [9.17, 15) is 18.0 Å². The van der Waals surface area contributed by atoms with Crippen molar-refractivity contribution in [2.75, 3.05) is 6.54 Å². The molecule has 1 aromatic rings. The fraction of sp³-hybridized carbons (Fsp3) is 0.562. The summed E-state index contributed by atoms with van der Waals surface area (Å²) < 4.78 is 48.4. The molecule has 0 aromatic heterocycles. The van der Waals surface area contributed by atoms with Crippen molar-refractivity contribution in [3.05, 3.63) is 29.3 Å². The van der Waals surface area contributed by atoms with Gasteiger partial charge in [0.2, 0.25) is 0 Å². The number of alkyl halides is 3. The summed E-state index contributed by atoms with van der Waals surface area (Å²) in [5.41, 5.74) is 0.644. The van der Waals surface area contributed by atoms with Crippen LogP contribution in [0.1, 0.15) is 43.6 Å². The zero-order valence-electron chi connectivity index (χ0n) is 14.4. The molecule has 1 aromatic carbocycles. The molecule has 1 amide bonds. The van der Waals surface area contributed by atoms with Crippen molar-refractivity contribution in [1.82, 2.24) is 5.32 Å². The first-order valence-electron chi connectivity index (χ1n) is 7.63. The van der Waals surface area contributed by atoms with E-state index >= 15 is 0 Å². The van der Waals surface area contributed by atoms with Crippen LogP contribution >= 0.6 is 0 Å². The Morgan fingerprint density at radius 3 is 2.17 bits per heavy atom. The van der Waals surface area contributed by atoms with Gasteiger partial charge in [-0.15, -0.1) is 0 Å². The minimum atomic E-state index is -4.44. The van der Waals surface area contributed by atoms with Crippen molar-refractivity contribution >= 4 is 18.5 Å². The van der Waals surface area contributed by atoms with E-state index in [2.05, 4.69) is 0 Å². The topological polar surface area (TPSA) is 47.6 Å². The third kappa shape index (κ3) is 3.92. The number of hydrogen-bond donors (Lipinski definition) is 1.